The molecule has 0 aromatic heterocycles. The molecule has 5 nitrogen and oxygen atoms in total. The Labute approximate surface area is 128 Å². The second-order valence-corrected chi connectivity index (χ2v) is 6.67. The van der Waals surface area contributed by atoms with Gasteiger partial charge in [-0.25, -0.2) is 13.1 Å². The van der Waals surface area contributed by atoms with E-state index < -0.39 is 10.0 Å². The minimum atomic E-state index is -3.66. The normalized spacial score (nSPS) is 11.1. The van der Waals surface area contributed by atoms with Gasteiger partial charge in [-0.05, 0) is 40.9 Å². The summed E-state index contributed by atoms with van der Waals surface area (Å²) < 4.78 is 32.6. The highest BCUT2D eigenvalue weighted by atomic mass is 79.9. The highest BCUT2D eigenvalue weighted by molar-refractivity contribution is 9.10. The lowest BCUT2D eigenvalue weighted by Crippen LogP contribution is -2.25. The lowest BCUT2D eigenvalue weighted by Gasteiger charge is -2.12. The summed E-state index contributed by atoms with van der Waals surface area (Å²) in [6.45, 7) is 0.323. The maximum Gasteiger partial charge on any atom is 0.244 e. The lowest BCUT2D eigenvalue weighted by molar-refractivity contribution is 0.402. The molecule has 0 bridgehead atoms. The molecule has 0 spiro atoms. The number of anilines is 1. The number of nitrogens with two attached hydrogens (primary N) is 1. The summed E-state index contributed by atoms with van der Waals surface area (Å²) in [5.41, 5.74) is 6.05. The van der Waals surface area contributed by atoms with E-state index in [1.807, 2.05) is 0 Å². The topological polar surface area (TPSA) is 81.4 Å². The number of terminal acetylenes is 1. The molecule has 3 N–H and O–H groups in total. The first kappa shape index (κ1) is 16.8. The van der Waals surface area contributed by atoms with Gasteiger partial charge in [0, 0.05) is 23.1 Å². The number of sulfonamides is 1. The van der Waals surface area contributed by atoms with Gasteiger partial charge in [-0.2, -0.15) is 0 Å². The summed E-state index contributed by atoms with van der Waals surface area (Å²) in [5, 5.41) is 0. The third-order valence-electron chi connectivity index (χ3n) is 2.61. The molecule has 20 heavy (non-hydrogen) atoms. The molecule has 0 fully saturated rings. The maximum absolute atomic E-state index is 12.2. The molecule has 0 aliphatic heterocycles. The highest BCUT2D eigenvalue weighted by Gasteiger charge is 2.20. The maximum atomic E-state index is 12.2. The summed E-state index contributed by atoms with van der Waals surface area (Å²) in [5.74, 6) is 2.75. The number of halogens is 1. The Balaban J connectivity index is 2.87. The first-order chi connectivity index (χ1) is 9.42. The zero-order valence-corrected chi connectivity index (χ0v) is 13.6. The van der Waals surface area contributed by atoms with E-state index in [4.69, 9.17) is 16.9 Å². The number of benzene rings is 1. The molecule has 0 atom stereocenters. The van der Waals surface area contributed by atoms with Gasteiger partial charge in [0.1, 0.15) is 10.6 Å². The van der Waals surface area contributed by atoms with Crippen LogP contribution < -0.4 is 15.2 Å². The van der Waals surface area contributed by atoms with Crippen LogP contribution in [0.2, 0.25) is 0 Å². The molecule has 0 aliphatic rings. The molecule has 0 saturated heterocycles. The number of rotatable bonds is 7. The van der Waals surface area contributed by atoms with Crippen LogP contribution >= 0.6 is 15.9 Å². The summed E-state index contributed by atoms with van der Waals surface area (Å²) in [6, 6.07) is 2.90. The quantitative estimate of drug-likeness (QED) is 0.443. The monoisotopic (exact) mass is 360 g/mol. The van der Waals surface area contributed by atoms with Gasteiger partial charge < -0.3 is 10.5 Å². The van der Waals surface area contributed by atoms with Gasteiger partial charge in [0.05, 0.1) is 7.11 Å². The van der Waals surface area contributed by atoms with Crippen LogP contribution in [-0.2, 0) is 10.0 Å². The number of ether oxygens (including phenoxy) is 1. The zero-order chi connectivity index (χ0) is 15.2. The first-order valence-electron chi connectivity index (χ1n) is 5.98. The largest absolute Gasteiger partial charge is 0.495 e. The van der Waals surface area contributed by atoms with Crippen molar-refractivity contribution in [2.45, 2.75) is 24.2 Å². The fraction of sp³-hybridized carbons (Fsp3) is 0.385. The molecule has 0 amide bonds. The third kappa shape index (κ3) is 4.40. The molecule has 0 aliphatic carbocycles. The molecule has 0 unspecified atom stereocenters. The molecule has 1 rings (SSSR count). The van der Waals surface area contributed by atoms with Crippen molar-refractivity contribution in [1.29, 1.82) is 0 Å². The van der Waals surface area contributed by atoms with Crippen molar-refractivity contribution in [2.75, 3.05) is 19.4 Å². The van der Waals surface area contributed by atoms with Gasteiger partial charge in [-0.15, -0.1) is 12.3 Å². The first-order valence-corrected chi connectivity index (χ1v) is 8.26. The van der Waals surface area contributed by atoms with Crippen LogP contribution in [0.3, 0.4) is 0 Å². The van der Waals surface area contributed by atoms with Crippen molar-refractivity contribution in [3.8, 4) is 18.1 Å². The van der Waals surface area contributed by atoms with Gasteiger partial charge in [-0.1, -0.05) is 0 Å². The fourth-order valence-corrected chi connectivity index (χ4v) is 3.14. The second-order valence-electron chi connectivity index (χ2n) is 4.08. The van der Waals surface area contributed by atoms with Crippen molar-refractivity contribution >= 4 is 31.6 Å². The lowest BCUT2D eigenvalue weighted by atomic mass is 10.2. The van der Waals surface area contributed by atoms with E-state index in [0.29, 0.717) is 29.5 Å². The minimum Gasteiger partial charge on any atom is -0.495 e. The number of nitrogens with one attached hydrogen (secondary N) is 1. The van der Waals surface area contributed by atoms with Gasteiger partial charge in [-0.3, -0.25) is 0 Å². The van der Waals surface area contributed by atoms with E-state index in [1.165, 1.54) is 19.2 Å². The average Bonchev–Trinajstić information content (AvgIpc) is 2.41. The molecule has 1 aromatic rings. The Hall–Kier alpha value is -1.23. The van der Waals surface area contributed by atoms with Crippen LogP contribution in [0.15, 0.2) is 21.5 Å². The molecule has 110 valence electrons. The summed E-state index contributed by atoms with van der Waals surface area (Å²) in [4.78, 5) is 0.0256. The van der Waals surface area contributed by atoms with E-state index >= 15 is 0 Å². The zero-order valence-electron chi connectivity index (χ0n) is 11.1. The SMILES string of the molecule is C#CCCCCNS(=O)(=O)c1cc(N)c(Br)cc1OC. The van der Waals surface area contributed by atoms with E-state index in [2.05, 4.69) is 26.6 Å². The van der Waals surface area contributed by atoms with Gasteiger partial charge >= 0.3 is 0 Å². The van der Waals surface area contributed by atoms with Crippen LogP contribution in [0, 0.1) is 12.3 Å². The molecule has 0 radical (unpaired) electrons. The number of hydrogen-bond acceptors (Lipinski definition) is 4. The summed E-state index contributed by atoms with van der Waals surface area (Å²) in [7, 11) is -2.25. The molecule has 0 saturated carbocycles. The molecule has 7 heteroatoms. The fourth-order valence-electron chi connectivity index (χ4n) is 1.56. The van der Waals surface area contributed by atoms with Crippen LogP contribution in [0.5, 0.6) is 5.75 Å². The summed E-state index contributed by atoms with van der Waals surface area (Å²) in [6.07, 6.45) is 7.22. The Kier molecular flexibility index (Phi) is 6.33. The Morgan fingerprint density at radius 1 is 1.45 bits per heavy atom. The van der Waals surface area contributed by atoms with Crippen LogP contribution in [0.1, 0.15) is 19.3 Å². The van der Waals surface area contributed by atoms with Gasteiger partial charge in [0.2, 0.25) is 10.0 Å². The Morgan fingerprint density at radius 3 is 2.75 bits per heavy atom. The second kappa shape index (κ2) is 7.53. The highest BCUT2D eigenvalue weighted by Crippen LogP contribution is 2.32. The molecular formula is C13H17BrN2O3S. The molecule has 1 aromatic carbocycles. The van der Waals surface area contributed by atoms with Crippen molar-refractivity contribution < 1.29 is 13.2 Å². The molecular weight excluding hydrogens is 344 g/mol. The number of nitrogen functional groups attached to an aromatic ring is 1. The Bertz CT molecular complexity index is 609. The smallest absolute Gasteiger partial charge is 0.244 e. The van der Waals surface area contributed by atoms with Crippen LogP contribution in [-0.4, -0.2) is 22.1 Å². The third-order valence-corrected chi connectivity index (χ3v) is 4.78. The number of unbranched alkanes of at least 4 members (excludes halogenated alkanes) is 2. The van der Waals surface area contributed by atoms with E-state index in [-0.39, 0.29) is 10.6 Å². The van der Waals surface area contributed by atoms with Crippen molar-refractivity contribution in [3.05, 3.63) is 16.6 Å². The van der Waals surface area contributed by atoms with Crippen molar-refractivity contribution in [3.63, 3.8) is 0 Å². The van der Waals surface area contributed by atoms with Crippen molar-refractivity contribution in [1.82, 2.24) is 4.72 Å². The van der Waals surface area contributed by atoms with Crippen LogP contribution in [0.4, 0.5) is 5.69 Å². The van der Waals surface area contributed by atoms with E-state index in [0.717, 1.165) is 6.42 Å². The Morgan fingerprint density at radius 2 is 2.15 bits per heavy atom. The predicted molar refractivity (Wildman–Crippen MR) is 83.0 cm³/mol. The van der Waals surface area contributed by atoms with Crippen molar-refractivity contribution in [2.24, 2.45) is 0 Å². The van der Waals surface area contributed by atoms with E-state index in [1.54, 1.807) is 0 Å². The molecule has 0 heterocycles. The van der Waals surface area contributed by atoms with E-state index in [9.17, 15) is 8.42 Å². The standard InChI is InChI=1S/C13H17BrN2O3S/c1-3-4-5-6-7-16-20(17,18)13-9-11(15)10(14)8-12(13)19-2/h1,8-9,16H,4-7,15H2,2H3. The predicted octanol–water partition coefficient (Wildman–Crippen LogP) is 2.12. The average molecular weight is 361 g/mol. The van der Waals surface area contributed by atoms with Gasteiger partial charge in [0.15, 0.2) is 0 Å². The minimum absolute atomic E-state index is 0.0256. The number of hydrogen-bond donors (Lipinski definition) is 2. The number of methoxy groups -OCH3 is 1. The van der Waals surface area contributed by atoms with Crippen LogP contribution in [0.25, 0.3) is 0 Å². The summed E-state index contributed by atoms with van der Waals surface area (Å²) >= 11 is 3.23. The van der Waals surface area contributed by atoms with Gasteiger partial charge in [0.25, 0.3) is 0 Å².